The van der Waals surface area contributed by atoms with Crippen LogP contribution in [0.3, 0.4) is 0 Å². The molecule has 1 N–H and O–H groups in total. The van der Waals surface area contributed by atoms with Crippen molar-refractivity contribution in [3.8, 4) is 11.1 Å². The van der Waals surface area contributed by atoms with Crippen molar-refractivity contribution in [2.45, 2.75) is 26.4 Å². The molecule has 5 nitrogen and oxygen atoms in total. The van der Waals surface area contributed by atoms with Crippen molar-refractivity contribution in [2.24, 2.45) is 0 Å². The monoisotopic (exact) mass is 441 g/mol. The fourth-order valence-corrected chi connectivity index (χ4v) is 2.87. The fourth-order valence-electron chi connectivity index (χ4n) is 2.68. The summed E-state index contributed by atoms with van der Waals surface area (Å²) in [7, 11) is 0. The number of carbonyl (C=O) groups excluding carboxylic acids is 2. The topological polar surface area (TPSA) is 64.6 Å². The molecule has 0 aromatic heterocycles. The van der Waals surface area contributed by atoms with Gasteiger partial charge in [0, 0.05) is 10.6 Å². The number of rotatable bonds is 5. The molecule has 3 aromatic rings. The van der Waals surface area contributed by atoms with Crippen LogP contribution in [0.25, 0.3) is 11.1 Å². The molecule has 0 bridgehead atoms. The van der Waals surface area contributed by atoms with Crippen molar-refractivity contribution < 1.29 is 23.8 Å². The fraction of sp³-hybridized carbons (Fsp3) is 0.167. The zero-order valence-electron chi connectivity index (χ0n) is 17.2. The summed E-state index contributed by atoms with van der Waals surface area (Å²) in [5.74, 6) is -1.72. The van der Waals surface area contributed by atoms with Crippen LogP contribution in [-0.4, -0.2) is 17.5 Å². The highest BCUT2D eigenvalue weighted by atomic mass is 35.5. The molecule has 0 atom stereocenters. The van der Waals surface area contributed by atoms with Gasteiger partial charge in [-0.2, -0.15) is 4.89 Å². The molecule has 3 aromatic carbocycles. The average Bonchev–Trinajstić information content (AvgIpc) is 2.72. The van der Waals surface area contributed by atoms with E-state index in [4.69, 9.17) is 21.4 Å². The number of benzene rings is 3. The molecule has 0 fully saturated rings. The molecule has 0 saturated carbocycles. The largest absolute Gasteiger partial charge is 0.375 e. The van der Waals surface area contributed by atoms with Crippen molar-refractivity contribution in [1.29, 1.82) is 0 Å². The summed E-state index contributed by atoms with van der Waals surface area (Å²) in [5, 5.41) is 3.25. The highest BCUT2D eigenvalue weighted by Gasteiger charge is 2.21. The van der Waals surface area contributed by atoms with Gasteiger partial charge in [-0.25, -0.2) is 9.18 Å². The second-order valence-electron chi connectivity index (χ2n) is 7.80. The number of halogens is 2. The van der Waals surface area contributed by atoms with E-state index >= 15 is 0 Å². The number of hydrogen-bond donors (Lipinski definition) is 1. The van der Waals surface area contributed by atoms with Crippen LogP contribution in [-0.2, 0) is 9.78 Å². The second kappa shape index (κ2) is 9.29. The predicted octanol–water partition coefficient (Wildman–Crippen LogP) is 6.29. The van der Waals surface area contributed by atoms with E-state index in [0.29, 0.717) is 5.02 Å². The number of nitrogens with one attached hydrogen (secondary N) is 1. The predicted molar refractivity (Wildman–Crippen MR) is 117 cm³/mol. The number of anilines is 1. The first kappa shape index (κ1) is 22.5. The van der Waals surface area contributed by atoms with Crippen LogP contribution in [0.5, 0.6) is 0 Å². The van der Waals surface area contributed by atoms with Gasteiger partial charge in [-0.1, -0.05) is 29.8 Å². The summed E-state index contributed by atoms with van der Waals surface area (Å²) < 4.78 is 13.2. The molecule has 0 unspecified atom stereocenters. The van der Waals surface area contributed by atoms with Crippen molar-refractivity contribution in [1.82, 2.24) is 0 Å². The minimum Gasteiger partial charge on any atom is -0.321 e. The van der Waals surface area contributed by atoms with Crippen molar-refractivity contribution in [3.63, 3.8) is 0 Å². The van der Waals surface area contributed by atoms with E-state index in [1.54, 1.807) is 51.1 Å². The van der Waals surface area contributed by atoms with Gasteiger partial charge < -0.3 is 5.32 Å². The molecule has 0 radical (unpaired) electrons. The maximum absolute atomic E-state index is 13.2. The van der Waals surface area contributed by atoms with Gasteiger partial charge in [-0.3, -0.25) is 9.68 Å². The lowest BCUT2D eigenvalue weighted by Gasteiger charge is -2.18. The van der Waals surface area contributed by atoms with Crippen LogP contribution < -0.4 is 5.32 Å². The van der Waals surface area contributed by atoms with Crippen molar-refractivity contribution in [2.75, 3.05) is 5.32 Å². The summed E-state index contributed by atoms with van der Waals surface area (Å²) in [5.41, 5.74) is 1.38. The maximum Gasteiger partial charge on any atom is 0.375 e. The maximum atomic E-state index is 13.2. The Labute approximate surface area is 184 Å². The van der Waals surface area contributed by atoms with Crippen molar-refractivity contribution >= 4 is 29.2 Å². The molecule has 31 heavy (non-hydrogen) atoms. The smallest absolute Gasteiger partial charge is 0.321 e. The van der Waals surface area contributed by atoms with Gasteiger partial charge in [0.1, 0.15) is 11.4 Å². The lowest BCUT2D eigenvalue weighted by atomic mass is 10.0. The van der Waals surface area contributed by atoms with Crippen LogP contribution >= 0.6 is 11.6 Å². The Morgan fingerprint density at radius 1 is 0.935 bits per heavy atom. The number of hydrogen-bond acceptors (Lipinski definition) is 4. The quantitative estimate of drug-likeness (QED) is 0.373. The third kappa shape index (κ3) is 6.13. The van der Waals surface area contributed by atoms with Gasteiger partial charge in [0.05, 0.1) is 11.3 Å². The molecule has 0 saturated heterocycles. The first-order valence-corrected chi connectivity index (χ1v) is 9.87. The lowest BCUT2D eigenvalue weighted by molar-refractivity contribution is -0.301. The van der Waals surface area contributed by atoms with Gasteiger partial charge in [-0.15, -0.1) is 0 Å². The molecule has 0 spiro atoms. The Morgan fingerprint density at radius 2 is 1.61 bits per heavy atom. The summed E-state index contributed by atoms with van der Waals surface area (Å²) >= 11 is 6.09. The molecule has 0 heterocycles. The number of amides is 1. The average molecular weight is 442 g/mol. The van der Waals surface area contributed by atoms with E-state index in [1.165, 1.54) is 30.3 Å². The van der Waals surface area contributed by atoms with Crippen LogP contribution in [0.2, 0.25) is 5.02 Å². The SMILES string of the molecule is CC(C)(C)OOC(=O)c1ccc(-c2cccc(Cl)c2)cc1NC(=O)c1ccc(F)cc1. The zero-order valence-corrected chi connectivity index (χ0v) is 18.0. The number of carbonyl (C=O) groups is 2. The van der Waals surface area contributed by atoms with Crippen LogP contribution in [0.15, 0.2) is 66.7 Å². The first-order valence-electron chi connectivity index (χ1n) is 9.49. The normalized spacial score (nSPS) is 11.1. The highest BCUT2D eigenvalue weighted by Crippen LogP contribution is 2.29. The summed E-state index contributed by atoms with van der Waals surface area (Å²) in [4.78, 5) is 35.3. The van der Waals surface area contributed by atoms with Gasteiger partial charge in [0.2, 0.25) is 0 Å². The molecule has 1 amide bonds. The molecule has 0 aliphatic rings. The van der Waals surface area contributed by atoms with Crippen LogP contribution in [0, 0.1) is 5.82 Å². The van der Waals surface area contributed by atoms with E-state index in [9.17, 15) is 14.0 Å². The lowest BCUT2D eigenvalue weighted by Crippen LogP contribution is -2.23. The zero-order chi connectivity index (χ0) is 22.6. The van der Waals surface area contributed by atoms with Gasteiger partial charge in [0.25, 0.3) is 5.91 Å². The first-order chi connectivity index (χ1) is 14.6. The molecular formula is C24H21ClFNO4. The molecule has 0 aliphatic heterocycles. The Hall–Kier alpha value is -3.22. The Balaban J connectivity index is 1.96. The summed E-state index contributed by atoms with van der Waals surface area (Å²) in [6.45, 7) is 5.21. The molecule has 160 valence electrons. The molecule has 0 aliphatic carbocycles. The minimum atomic E-state index is -0.762. The minimum absolute atomic E-state index is 0.102. The van der Waals surface area contributed by atoms with Crippen LogP contribution in [0.1, 0.15) is 41.5 Å². The summed E-state index contributed by atoms with van der Waals surface area (Å²) in [6.07, 6.45) is 0. The van der Waals surface area contributed by atoms with E-state index in [1.807, 2.05) is 6.07 Å². The third-order valence-corrected chi connectivity index (χ3v) is 4.35. The van der Waals surface area contributed by atoms with Gasteiger partial charge in [0.15, 0.2) is 0 Å². The van der Waals surface area contributed by atoms with Crippen molar-refractivity contribution in [3.05, 3.63) is 88.7 Å². The highest BCUT2D eigenvalue weighted by molar-refractivity contribution is 6.30. The van der Waals surface area contributed by atoms with E-state index in [-0.39, 0.29) is 16.8 Å². The Morgan fingerprint density at radius 3 is 2.26 bits per heavy atom. The van der Waals surface area contributed by atoms with E-state index in [2.05, 4.69) is 5.32 Å². The Kier molecular flexibility index (Phi) is 6.73. The Bertz CT molecular complexity index is 1110. The van der Waals surface area contributed by atoms with Gasteiger partial charge in [-0.05, 0) is 80.4 Å². The molecule has 7 heteroatoms. The van der Waals surface area contributed by atoms with Gasteiger partial charge >= 0.3 is 5.97 Å². The van der Waals surface area contributed by atoms with Crippen LogP contribution in [0.4, 0.5) is 10.1 Å². The van der Waals surface area contributed by atoms with E-state index in [0.717, 1.165) is 11.1 Å². The third-order valence-electron chi connectivity index (χ3n) is 4.12. The molecular weight excluding hydrogens is 421 g/mol. The standard InChI is InChI=1S/C24H21ClFNO4/c1-24(2,3)31-30-23(29)20-12-9-17(16-5-4-6-18(25)13-16)14-21(20)27-22(28)15-7-10-19(26)11-8-15/h4-14H,1-3H3,(H,27,28). The summed E-state index contributed by atoms with van der Waals surface area (Å²) in [6, 6.07) is 17.1. The second-order valence-corrected chi connectivity index (χ2v) is 8.23. The molecule has 3 rings (SSSR count). The van der Waals surface area contributed by atoms with E-state index < -0.39 is 23.3 Å².